The normalized spacial score (nSPS) is 16.6. The van der Waals surface area contributed by atoms with Gasteiger partial charge in [0.05, 0.1) is 24.9 Å². The monoisotopic (exact) mass is 463 g/mol. The second-order valence-electron chi connectivity index (χ2n) is 10.1. The minimum absolute atomic E-state index is 0.251. The van der Waals surface area contributed by atoms with Gasteiger partial charge >= 0.3 is 6.09 Å². The molecule has 2 aliphatic heterocycles. The van der Waals surface area contributed by atoms with Gasteiger partial charge in [0.2, 0.25) is 0 Å². The first-order chi connectivity index (χ1) is 16.3. The molecule has 0 radical (unpaired) electrons. The highest BCUT2D eigenvalue weighted by molar-refractivity contribution is 5.78. The zero-order valence-electron chi connectivity index (χ0n) is 20.5. The van der Waals surface area contributed by atoms with Gasteiger partial charge in [-0.3, -0.25) is 0 Å². The summed E-state index contributed by atoms with van der Waals surface area (Å²) in [5.74, 6) is 1.91. The third-order valence-electron chi connectivity index (χ3n) is 6.50. The van der Waals surface area contributed by atoms with Crippen molar-refractivity contribution in [1.82, 2.24) is 19.4 Å². The van der Waals surface area contributed by atoms with Gasteiger partial charge in [-0.1, -0.05) is 18.2 Å². The van der Waals surface area contributed by atoms with Crippen LogP contribution < -0.4 is 4.90 Å². The van der Waals surface area contributed by atoms with Crippen LogP contribution in [0.25, 0.3) is 11.0 Å². The number of carbonyl (C=O) groups excluding carboxylic acids is 1. The maximum atomic E-state index is 12.7. The number of morpholine rings is 1. The fraction of sp³-hybridized carbons (Fsp3) is 0.500. The van der Waals surface area contributed by atoms with Crippen molar-refractivity contribution in [2.24, 2.45) is 0 Å². The molecule has 2 aromatic heterocycles. The Balaban J connectivity index is 1.45. The Morgan fingerprint density at radius 1 is 1.18 bits per heavy atom. The van der Waals surface area contributed by atoms with E-state index in [1.165, 1.54) is 16.7 Å². The molecule has 3 aromatic rings. The average molecular weight is 464 g/mol. The van der Waals surface area contributed by atoms with Crippen molar-refractivity contribution >= 4 is 22.9 Å². The Morgan fingerprint density at radius 2 is 1.97 bits per heavy atom. The maximum Gasteiger partial charge on any atom is 0.410 e. The number of fused-ring (bicyclic) bond motifs is 2. The molecule has 0 spiro atoms. The van der Waals surface area contributed by atoms with Crippen molar-refractivity contribution in [1.29, 1.82) is 0 Å². The zero-order chi connectivity index (χ0) is 23.9. The van der Waals surface area contributed by atoms with Crippen LogP contribution >= 0.6 is 0 Å². The van der Waals surface area contributed by atoms with E-state index in [-0.39, 0.29) is 6.09 Å². The fourth-order valence-corrected chi connectivity index (χ4v) is 4.75. The van der Waals surface area contributed by atoms with Gasteiger partial charge in [0.25, 0.3) is 0 Å². The Labute approximate surface area is 200 Å². The molecular formula is C26H33N5O3. The van der Waals surface area contributed by atoms with Crippen LogP contribution in [0.15, 0.2) is 30.5 Å². The predicted octanol–water partition coefficient (Wildman–Crippen LogP) is 3.92. The summed E-state index contributed by atoms with van der Waals surface area (Å²) in [6.07, 6.45) is 2.45. The quantitative estimate of drug-likeness (QED) is 0.586. The van der Waals surface area contributed by atoms with Crippen LogP contribution in [0.3, 0.4) is 0 Å². The number of aryl methyl sites for hydroxylation is 1. The Hall–Kier alpha value is -3.13. The van der Waals surface area contributed by atoms with Gasteiger partial charge in [-0.15, -0.1) is 0 Å². The molecule has 5 rings (SSSR count). The lowest BCUT2D eigenvalue weighted by Gasteiger charge is -2.32. The average Bonchev–Trinajstić information content (AvgIpc) is 3.12. The number of hydrogen-bond acceptors (Lipinski definition) is 6. The number of imidazole rings is 1. The fourth-order valence-electron chi connectivity index (χ4n) is 4.75. The highest BCUT2D eigenvalue weighted by Crippen LogP contribution is 2.27. The number of rotatable bonds is 3. The Bertz CT molecular complexity index is 1210. The van der Waals surface area contributed by atoms with Crippen molar-refractivity contribution in [2.75, 3.05) is 37.7 Å². The first kappa shape index (κ1) is 22.7. The van der Waals surface area contributed by atoms with E-state index in [4.69, 9.17) is 14.5 Å². The number of hydrogen-bond donors (Lipinski definition) is 0. The molecule has 1 aromatic carbocycles. The lowest BCUT2D eigenvalue weighted by atomic mass is 9.95. The molecule has 8 heteroatoms. The second-order valence-corrected chi connectivity index (χ2v) is 10.1. The first-order valence-electron chi connectivity index (χ1n) is 12.0. The van der Waals surface area contributed by atoms with Crippen molar-refractivity contribution in [3.63, 3.8) is 0 Å². The molecule has 2 aliphatic rings. The highest BCUT2D eigenvalue weighted by Gasteiger charge is 2.27. The minimum Gasteiger partial charge on any atom is -0.444 e. The van der Waals surface area contributed by atoms with Gasteiger partial charge in [-0.05, 0) is 50.8 Å². The van der Waals surface area contributed by atoms with Crippen LogP contribution in [0.1, 0.15) is 43.3 Å². The van der Waals surface area contributed by atoms with Crippen LogP contribution in [0.5, 0.6) is 0 Å². The van der Waals surface area contributed by atoms with Gasteiger partial charge in [0, 0.05) is 38.8 Å². The third-order valence-corrected chi connectivity index (χ3v) is 6.50. The Morgan fingerprint density at radius 3 is 2.74 bits per heavy atom. The molecule has 1 amide bonds. The lowest BCUT2D eigenvalue weighted by Crippen LogP contribution is -2.40. The number of carbonyl (C=O) groups is 1. The van der Waals surface area contributed by atoms with E-state index in [9.17, 15) is 4.79 Å². The summed E-state index contributed by atoms with van der Waals surface area (Å²) in [6, 6.07) is 8.59. The van der Waals surface area contributed by atoms with Gasteiger partial charge < -0.3 is 23.8 Å². The molecule has 0 unspecified atom stereocenters. The molecule has 0 saturated carbocycles. The number of pyridine rings is 1. The molecule has 0 N–H and O–H groups in total. The number of anilines is 1. The van der Waals surface area contributed by atoms with Crippen molar-refractivity contribution in [3.05, 3.63) is 53.0 Å². The van der Waals surface area contributed by atoms with Crippen LogP contribution in [0.4, 0.5) is 10.6 Å². The molecule has 0 atom stereocenters. The molecule has 0 bridgehead atoms. The molecule has 34 heavy (non-hydrogen) atoms. The summed E-state index contributed by atoms with van der Waals surface area (Å²) in [7, 11) is 0. The largest absolute Gasteiger partial charge is 0.444 e. The molecule has 1 saturated heterocycles. The topological polar surface area (TPSA) is 72.7 Å². The number of nitrogens with zero attached hydrogens (tertiary/aromatic N) is 5. The number of aromatic nitrogens is 3. The third kappa shape index (κ3) is 4.59. The Kier molecular flexibility index (Phi) is 5.93. The van der Waals surface area contributed by atoms with Crippen LogP contribution in [-0.4, -0.2) is 64.0 Å². The van der Waals surface area contributed by atoms with Crippen LogP contribution in [0.2, 0.25) is 0 Å². The number of amides is 1. The van der Waals surface area contributed by atoms with Crippen LogP contribution in [-0.2, 0) is 29.0 Å². The van der Waals surface area contributed by atoms with Gasteiger partial charge in [-0.25, -0.2) is 14.8 Å². The molecule has 0 aliphatic carbocycles. The molecule has 8 nitrogen and oxygen atoms in total. The molecular weight excluding hydrogens is 430 g/mol. The number of ether oxygens (including phenoxy) is 2. The van der Waals surface area contributed by atoms with E-state index in [2.05, 4.69) is 38.7 Å². The van der Waals surface area contributed by atoms with Gasteiger partial charge in [-0.2, -0.15) is 0 Å². The van der Waals surface area contributed by atoms with Crippen LogP contribution in [0, 0.1) is 6.92 Å². The summed E-state index contributed by atoms with van der Waals surface area (Å²) >= 11 is 0. The van der Waals surface area contributed by atoms with Crippen molar-refractivity contribution in [3.8, 4) is 0 Å². The zero-order valence-corrected chi connectivity index (χ0v) is 20.5. The number of benzene rings is 1. The van der Waals surface area contributed by atoms with E-state index < -0.39 is 5.60 Å². The molecule has 4 heterocycles. The predicted molar refractivity (Wildman–Crippen MR) is 131 cm³/mol. The van der Waals surface area contributed by atoms with E-state index in [0.717, 1.165) is 55.4 Å². The van der Waals surface area contributed by atoms with Gasteiger partial charge in [0.15, 0.2) is 0 Å². The molecule has 1 fully saturated rings. The summed E-state index contributed by atoms with van der Waals surface area (Å²) in [6.45, 7) is 12.8. The van der Waals surface area contributed by atoms with E-state index >= 15 is 0 Å². The summed E-state index contributed by atoms with van der Waals surface area (Å²) < 4.78 is 13.4. The molecule has 180 valence electrons. The summed E-state index contributed by atoms with van der Waals surface area (Å²) in [5.41, 5.74) is 5.19. The lowest BCUT2D eigenvalue weighted by molar-refractivity contribution is 0.0223. The second kappa shape index (κ2) is 8.91. The van der Waals surface area contributed by atoms with E-state index in [1.807, 2.05) is 38.8 Å². The first-order valence-corrected chi connectivity index (χ1v) is 12.0. The highest BCUT2D eigenvalue weighted by atomic mass is 16.6. The summed E-state index contributed by atoms with van der Waals surface area (Å²) in [4.78, 5) is 26.2. The standard InChI is InChI=1S/C26H33N5O3/c1-18-28-22-15-27-24(29-10-12-33-13-11-29)14-23(22)31(18)16-20-7-5-6-19-8-9-30(17-21(19)20)25(32)34-26(2,3)4/h5-7,14-15H,8-13,16-17H2,1-4H3. The van der Waals surface area contributed by atoms with Crippen molar-refractivity contribution < 1.29 is 14.3 Å². The van der Waals surface area contributed by atoms with E-state index in [1.54, 1.807) is 0 Å². The maximum absolute atomic E-state index is 12.7. The van der Waals surface area contributed by atoms with Crippen molar-refractivity contribution in [2.45, 2.75) is 52.8 Å². The smallest absolute Gasteiger partial charge is 0.410 e. The van der Waals surface area contributed by atoms with E-state index in [0.29, 0.717) is 19.6 Å². The van der Waals surface area contributed by atoms with Gasteiger partial charge in [0.1, 0.15) is 22.8 Å². The summed E-state index contributed by atoms with van der Waals surface area (Å²) in [5, 5.41) is 0. The SMILES string of the molecule is Cc1nc2cnc(N3CCOCC3)cc2n1Cc1cccc2c1CN(C(=O)OC(C)(C)C)CC2. The minimum atomic E-state index is -0.504.